The molecular formula is C25H30N4O3. The molecule has 0 radical (unpaired) electrons. The predicted molar refractivity (Wildman–Crippen MR) is 123 cm³/mol. The SMILES string of the molecule is CC(C)[C@H](NC(=O)c1ccccc1)C(=O)N1CCC2(CC1)C(=O)NCN2c1ccccc1. The number of hydrogen-bond donors (Lipinski definition) is 2. The number of nitrogens with zero attached hydrogens (tertiary/aromatic N) is 2. The van der Waals surface area contributed by atoms with Crippen LogP contribution in [0.1, 0.15) is 37.0 Å². The Morgan fingerprint density at radius 1 is 0.969 bits per heavy atom. The van der Waals surface area contributed by atoms with Crippen molar-refractivity contribution in [2.24, 2.45) is 5.92 Å². The second-order valence-electron chi connectivity index (χ2n) is 8.85. The van der Waals surface area contributed by atoms with E-state index in [-0.39, 0.29) is 23.6 Å². The number of carbonyl (C=O) groups excluding carboxylic acids is 3. The van der Waals surface area contributed by atoms with E-state index in [1.165, 1.54) is 0 Å². The first kappa shape index (κ1) is 21.9. The molecule has 0 saturated carbocycles. The number of amides is 3. The highest BCUT2D eigenvalue weighted by Crippen LogP contribution is 2.36. The molecule has 168 valence electrons. The molecule has 7 heteroatoms. The summed E-state index contributed by atoms with van der Waals surface area (Å²) >= 11 is 0. The van der Waals surface area contributed by atoms with E-state index in [1.807, 2.05) is 50.2 Å². The second kappa shape index (κ2) is 9.02. The van der Waals surface area contributed by atoms with Crippen molar-refractivity contribution >= 4 is 23.4 Å². The summed E-state index contributed by atoms with van der Waals surface area (Å²) in [4.78, 5) is 42.7. The molecule has 3 amide bonds. The van der Waals surface area contributed by atoms with Crippen molar-refractivity contribution in [3.8, 4) is 0 Å². The predicted octanol–water partition coefficient (Wildman–Crippen LogP) is 2.40. The Balaban J connectivity index is 1.46. The average molecular weight is 435 g/mol. The smallest absolute Gasteiger partial charge is 0.251 e. The molecule has 4 rings (SSSR count). The Bertz CT molecular complexity index is 969. The van der Waals surface area contributed by atoms with Crippen molar-refractivity contribution in [1.29, 1.82) is 0 Å². The fourth-order valence-electron chi connectivity index (χ4n) is 4.65. The zero-order valence-corrected chi connectivity index (χ0v) is 18.6. The number of likely N-dealkylation sites (tertiary alicyclic amines) is 1. The third-order valence-corrected chi connectivity index (χ3v) is 6.56. The van der Waals surface area contributed by atoms with Gasteiger partial charge in [-0.3, -0.25) is 14.4 Å². The van der Waals surface area contributed by atoms with Crippen LogP contribution in [0.3, 0.4) is 0 Å². The maximum Gasteiger partial charge on any atom is 0.251 e. The summed E-state index contributed by atoms with van der Waals surface area (Å²) in [6.07, 6.45) is 1.10. The van der Waals surface area contributed by atoms with Crippen LogP contribution in [0.25, 0.3) is 0 Å². The van der Waals surface area contributed by atoms with Gasteiger partial charge in [-0.2, -0.15) is 0 Å². The second-order valence-corrected chi connectivity index (χ2v) is 8.85. The van der Waals surface area contributed by atoms with Gasteiger partial charge in [0.1, 0.15) is 11.6 Å². The molecule has 7 nitrogen and oxygen atoms in total. The van der Waals surface area contributed by atoms with E-state index in [4.69, 9.17) is 0 Å². The number of piperidine rings is 1. The third kappa shape index (κ3) is 4.07. The number of carbonyl (C=O) groups is 3. The number of rotatable bonds is 5. The summed E-state index contributed by atoms with van der Waals surface area (Å²) in [5.41, 5.74) is 0.893. The normalized spacial score (nSPS) is 18.5. The first-order valence-electron chi connectivity index (χ1n) is 11.2. The lowest BCUT2D eigenvalue weighted by Gasteiger charge is -2.44. The van der Waals surface area contributed by atoms with Crippen molar-refractivity contribution in [3.05, 3.63) is 66.2 Å². The van der Waals surface area contributed by atoms with Crippen LogP contribution in [-0.4, -0.2) is 54.0 Å². The van der Waals surface area contributed by atoms with Crippen molar-refractivity contribution in [2.45, 2.75) is 38.3 Å². The van der Waals surface area contributed by atoms with Gasteiger partial charge in [-0.25, -0.2) is 0 Å². The molecule has 0 aromatic heterocycles. The zero-order chi connectivity index (χ0) is 22.7. The van der Waals surface area contributed by atoms with Gasteiger partial charge in [0, 0.05) is 24.3 Å². The Morgan fingerprint density at radius 2 is 1.56 bits per heavy atom. The zero-order valence-electron chi connectivity index (χ0n) is 18.6. The van der Waals surface area contributed by atoms with Gasteiger partial charge in [-0.1, -0.05) is 50.2 Å². The summed E-state index contributed by atoms with van der Waals surface area (Å²) in [6, 6.07) is 18.2. The molecule has 2 N–H and O–H groups in total. The van der Waals surface area contributed by atoms with E-state index in [0.29, 0.717) is 38.2 Å². The fraction of sp³-hybridized carbons (Fsp3) is 0.400. The molecule has 2 aliphatic heterocycles. The molecule has 1 spiro atoms. The minimum Gasteiger partial charge on any atom is -0.341 e. The summed E-state index contributed by atoms with van der Waals surface area (Å²) < 4.78 is 0. The monoisotopic (exact) mass is 434 g/mol. The van der Waals surface area contributed by atoms with Crippen LogP contribution in [0.2, 0.25) is 0 Å². The maximum absolute atomic E-state index is 13.3. The van der Waals surface area contributed by atoms with E-state index in [1.54, 1.807) is 29.2 Å². The van der Waals surface area contributed by atoms with E-state index >= 15 is 0 Å². The first-order valence-corrected chi connectivity index (χ1v) is 11.2. The fourth-order valence-corrected chi connectivity index (χ4v) is 4.65. The van der Waals surface area contributed by atoms with Gasteiger partial charge in [0.2, 0.25) is 11.8 Å². The van der Waals surface area contributed by atoms with Gasteiger partial charge >= 0.3 is 0 Å². The van der Waals surface area contributed by atoms with Crippen molar-refractivity contribution in [3.63, 3.8) is 0 Å². The summed E-state index contributed by atoms with van der Waals surface area (Å²) in [6.45, 7) is 5.28. The number of nitrogens with one attached hydrogen (secondary N) is 2. The van der Waals surface area contributed by atoms with Gasteiger partial charge in [-0.05, 0) is 43.0 Å². The number of hydrogen-bond acceptors (Lipinski definition) is 4. The number of para-hydroxylation sites is 1. The summed E-state index contributed by atoms with van der Waals surface area (Å²) in [7, 11) is 0. The lowest BCUT2D eigenvalue weighted by Crippen LogP contribution is -2.60. The van der Waals surface area contributed by atoms with Gasteiger partial charge in [0.25, 0.3) is 5.91 Å². The van der Waals surface area contributed by atoms with Crippen LogP contribution in [0, 0.1) is 5.92 Å². The van der Waals surface area contributed by atoms with Crippen LogP contribution in [0.15, 0.2) is 60.7 Å². The third-order valence-electron chi connectivity index (χ3n) is 6.56. The highest BCUT2D eigenvalue weighted by Gasteiger charge is 2.51. The van der Waals surface area contributed by atoms with Crippen molar-refractivity contribution in [2.75, 3.05) is 24.7 Å². The molecule has 0 aliphatic carbocycles. The molecule has 0 bridgehead atoms. The lowest BCUT2D eigenvalue weighted by atomic mass is 9.85. The molecule has 32 heavy (non-hydrogen) atoms. The van der Waals surface area contributed by atoms with E-state index < -0.39 is 11.6 Å². The van der Waals surface area contributed by atoms with Crippen LogP contribution >= 0.6 is 0 Å². The van der Waals surface area contributed by atoms with Crippen LogP contribution in [0.5, 0.6) is 0 Å². The highest BCUT2D eigenvalue weighted by atomic mass is 16.2. The summed E-state index contributed by atoms with van der Waals surface area (Å²) in [5.74, 6) is -0.381. The van der Waals surface area contributed by atoms with Crippen LogP contribution < -0.4 is 15.5 Å². The van der Waals surface area contributed by atoms with E-state index in [0.717, 1.165) is 5.69 Å². The molecule has 1 atom stereocenters. The van der Waals surface area contributed by atoms with E-state index in [2.05, 4.69) is 15.5 Å². The first-order chi connectivity index (χ1) is 15.4. The van der Waals surface area contributed by atoms with Gasteiger partial charge in [0.15, 0.2) is 0 Å². The van der Waals surface area contributed by atoms with Crippen LogP contribution in [-0.2, 0) is 9.59 Å². The largest absolute Gasteiger partial charge is 0.341 e. The molecule has 2 aromatic carbocycles. The number of anilines is 1. The molecule has 2 fully saturated rings. The quantitative estimate of drug-likeness (QED) is 0.757. The average Bonchev–Trinajstić information content (AvgIpc) is 3.13. The highest BCUT2D eigenvalue weighted by molar-refractivity contribution is 5.98. The van der Waals surface area contributed by atoms with Gasteiger partial charge in [-0.15, -0.1) is 0 Å². The standard InChI is InChI=1S/C25H30N4O3/c1-18(2)21(27-22(30)19-9-5-3-6-10-19)23(31)28-15-13-25(14-16-28)24(32)26-17-29(25)20-11-7-4-8-12-20/h3-12,18,21H,13-17H2,1-2H3,(H,26,32)(H,27,30)/t21-/m0/s1. The Labute approximate surface area is 188 Å². The Morgan fingerprint density at radius 3 is 2.16 bits per heavy atom. The Kier molecular flexibility index (Phi) is 6.17. The van der Waals surface area contributed by atoms with Gasteiger partial charge in [0.05, 0.1) is 6.67 Å². The van der Waals surface area contributed by atoms with Crippen molar-refractivity contribution in [1.82, 2.24) is 15.5 Å². The molecule has 2 heterocycles. The minimum atomic E-state index is -0.640. The molecule has 2 aromatic rings. The Hall–Kier alpha value is -3.35. The molecule has 2 saturated heterocycles. The van der Waals surface area contributed by atoms with E-state index in [9.17, 15) is 14.4 Å². The minimum absolute atomic E-state index is 0.0197. The van der Waals surface area contributed by atoms with Crippen molar-refractivity contribution < 1.29 is 14.4 Å². The van der Waals surface area contributed by atoms with Crippen LogP contribution in [0.4, 0.5) is 5.69 Å². The maximum atomic E-state index is 13.3. The molecule has 0 unspecified atom stereocenters. The summed E-state index contributed by atoms with van der Waals surface area (Å²) in [5, 5.41) is 5.90. The lowest BCUT2D eigenvalue weighted by molar-refractivity contribution is -0.138. The topological polar surface area (TPSA) is 81.8 Å². The number of benzene rings is 2. The van der Waals surface area contributed by atoms with Gasteiger partial charge < -0.3 is 20.4 Å². The molecule has 2 aliphatic rings. The molecular weight excluding hydrogens is 404 g/mol.